The number of nitrogens with zero attached hydrogens (tertiary/aromatic N) is 4. The van der Waals surface area contributed by atoms with Crippen LogP contribution in [0.1, 0.15) is 5.69 Å². The first-order chi connectivity index (χ1) is 6.92. The van der Waals surface area contributed by atoms with Crippen LogP contribution in [0.2, 0.25) is 0 Å². The van der Waals surface area contributed by atoms with Gasteiger partial charge in [0.1, 0.15) is 6.07 Å². The van der Waals surface area contributed by atoms with Gasteiger partial charge in [0.15, 0.2) is 5.69 Å². The van der Waals surface area contributed by atoms with E-state index in [0.29, 0.717) is 11.3 Å². The third-order valence-corrected chi connectivity index (χ3v) is 1.83. The molecule has 2 rings (SSSR count). The van der Waals surface area contributed by atoms with Gasteiger partial charge < -0.3 is 0 Å². The quantitative estimate of drug-likeness (QED) is 0.668. The standard InChI is InChI=1S/C10H6N4/c11-6-10-9(7-12-14-13-10)8-4-2-1-3-5-8/h1-5,7H. The summed E-state index contributed by atoms with van der Waals surface area (Å²) >= 11 is 0. The van der Waals surface area contributed by atoms with Gasteiger partial charge in [0.25, 0.3) is 0 Å². The zero-order valence-electron chi connectivity index (χ0n) is 7.25. The van der Waals surface area contributed by atoms with Crippen molar-refractivity contribution >= 4 is 0 Å². The van der Waals surface area contributed by atoms with Crippen LogP contribution in [0.25, 0.3) is 11.1 Å². The van der Waals surface area contributed by atoms with E-state index >= 15 is 0 Å². The minimum absolute atomic E-state index is 0.297. The number of benzene rings is 1. The van der Waals surface area contributed by atoms with Crippen molar-refractivity contribution in [3.8, 4) is 17.2 Å². The van der Waals surface area contributed by atoms with E-state index in [0.717, 1.165) is 5.56 Å². The lowest BCUT2D eigenvalue weighted by Crippen LogP contribution is -1.94. The maximum atomic E-state index is 8.80. The molecule has 0 fully saturated rings. The third kappa shape index (κ3) is 1.43. The topological polar surface area (TPSA) is 62.5 Å². The van der Waals surface area contributed by atoms with Crippen LogP contribution >= 0.6 is 0 Å². The van der Waals surface area contributed by atoms with Crippen molar-refractivity contribution in [1.82, 2.24) is 15.4 Å². The first kappa shape index (κ1) is 8.32. The van der Waals surface area contributed by atoms with Crippen LogP contribution in [0, 0.1) is 11.3 Å². The average Bonchev–Trinajstić information content (AvgIpc) is 2.30. The molecule has 1 heterocycles. The van der Waals surface area contributed by atoms with E-state index in [-0.39, 0.29) is 0 Å². The maximum Gasteiger partial charge on any atom is 0.174 e. The first-order valence-electron chi connectivity index (χ1n) is 4.05. The Labute approximate surface area is 80.8 Å². The molecule has 1 aromatic carbocycles. The molecule has 0 radical (unpaired) electrons. The highest BCUT2D eigenvalue weighted by molar-refractivity contribution is 5.66. The van der Waals surface area contributed by atoms with Gasteiger partial charge in [-0.1, -0.05) is 30.3 Å². The summed E-state index contributed by atoms with van der Waals surface area (Å²) in [5, 5.41) is 19.5. The Morgan fingerprint density at radius 1 is 1.14 bits per heavy atom. The Balaban J connectivity index is 2.58. The van der Waals surface area contributed by atoms with Gasteiger partial charge in [-0.3, -0.25) is 0 Å². The third-order valence-electron chi connectivity index (χ3n) is 1.83. The van der Waals surface area contributed by atoms with Crippen molar-refractivity contribution in [2.45, 2.75) is 0 Å². The molecule has 14 heavy (non-hydrogen) atoms. The second-order valence-electron chi connectivity index (χ2n) is 2.67. The largest absolute Gasteiger partial charge is 0.191 e. The smallest absolute Gasteiger partial charge is 0.174 e. The number of aromatic nitrogens is 3. The van der Waals surface area contributed by atoms with E-state index in [1.54, 1.807) is 6.20 Å². The van der Waals surface area contributed by atoms with Crippen LogP contribution in [0.15, 0.2) is 36.5 Å². The second kappa shape index (κ2) is 3.62. The minimum Gasteiger partial charge on any atom is -0.191 e. The van der Waals surface area contributed by atoms with E-state index in [1.165, 1.54) is 0 Å². The summed E-state index contributed by atoms with van der Waals surface area (Å²) in [5.41, 5.74) is 1.93. The van der Waals surface area contributed by atoms with Crippen LogP contribution in [0.5, 0.6) is 0 Å². The summed E-state index contributed by atoms with van der Waals surface area (Å²) < 4.78 is 0. The van der Waals surface area contributed by atoms with Gasteiger partial charge in [0, 0.05) is 5.56 Å². The van der Waals surface area contributed by atoms with E-state index in [4.69, 9.17) is 5.26 Å². The van der Waals surface area contributed by atoms with Gasteiger partial charge in [-0.15, -0.1) is 10.2 Å². The van der Waals surface area contributed by atoms with Gasteiger partial charge in [-0.2, -0.15) is 5.26 Å². The van der Waals surface area contributed by atoms with Gasteiger partial charge in [0.2, 0.25) is 0 Å². The fourth-order valence-electron chi connectivity index (χ4n) is 1.18. The zero-order valence-corrected chi connectivity index (χ0v) is 7.25. The highest BCUT2D eigenvalue weighted by Gasteiger charge is 2.05. The highest BCUT2D eigenvalue weighted by Crippen LogP contribution is 2.19. The second-order valence-corrected chi connectivity index (χ2v) is 2.67. The van der Waals surface area contributed by atoms with Crippen LogP contribution in [0.3, 0.4) is 0 Å². The molecule has 4 nitrogen and oxygen atoms in total. The highest BCUT2D eigenvalue weighted by atomic mass is 15.3. The van der Waals surface area contributed by atoms with Gasteiger partial charge in [-0.25, -0.2) is 0 Å². The Morgan fingerprint density at radius 2 is 1.93 bits per heavy atom. The molecule has 0 bridgehead atoms. The Hall–Kier alpha value is -2.28. The lowest BCUT2D eigenvalue weighted by molar-refractivity contribution is 0.857. The summed E-state index contributed by atoms with van der Waals surface area (Å²) in [7, 11) is 0. The SMILES string of the molecule is N#Cc1nnncc1-c1ccccc1. The van der Waals surface area contributed by atoms with Crippen LogP contribution in [-0.2, 0) is 0 Å². The Bertz CT molecular complexity index is 473. The summed E-state index contributed by atoms with van der Waals surface area (Å²) in [6.07, 6.45) is 1.54. The normalized spacial score (nSPS) is 9.36. The molecule has 0 saturated carbocycles. The van der Waals surface area contributed by atoms with Gasteiger partial charge in [0.05, 0.1) is 6.20 Å². The van der Waals surface area contributed by atoms with Crippen molar-refractivity contribution in [1.29, 1.82) is 5.26 Å². The summed E-state index contributed by atoms with van der Waals surface area (Å²) in [6.45, 7) is 0. The summed E-state index contributed by atoms with van der Waals surface area (Å²) in [4.78, 5) is 0. The Kier molecular flexibility index (Phi) is 2.15. The molecule has 4 heteroatoms. The fourth-order valence-corrected chi connectivity index (χ4v) is 1.18. The summed E-state index contributed by atoms with van der Waals surface area (Å²) in [6, 6.07) is 11.5. The number of rotatable bonds is 1. The minimum atomic E-state index is 0.297. The Morgan fingerprint density at radius 3 is 2.64 bits per heavy atom. The lowest BCUT2D eigenvalue weighted by Gasteiger charge is -1.99. The van der Waals surface area contributed by atoms with Crippen LogP contribution < -0.4 is 0 Å². The fraction of sp³-hybridized carbons (Fsp3) is 0. The van der Waals surface area contributed by atoms with Crippen molar-refractivity contribution < 1.29 is 0 Å². The molecular weight excluding hydrogens is 176 g/mol. The molecule has 0 atom stereocenters. The maximum absolute atomic E-state index is 8.80. The zero-order chi connectivity index (χ0) is 9.80. The molecule has 2 aromatic rings. The first-order valence-corrected chi connectivity index (χ1v) is 4.05. The van der Waals surface area contributed by atoms with Crippen molar-refractivity contribution in [2.24, 2.45) is 0 Å². The number of hydrogen-bond donors (Lipinski definition) is 0. The van der Waals surface area contributed by atoms with Crippen molar-refractivity contribution in [3.63, 3.8) is 0 Å². The molecule has 0 spiro atoms. The van der Waals surface area contributed by atoms with E-state index in [9.17, 15) is 0 Å². The molecule has 1 aromatic heterocycles. The van der Waals surface area contributed by atoms with E-state index in [1.807, 2.05) is 36.4 Å². The molecule has 0 saturated heterocycles. The number of hydrogen-bond acceptors (Lipinski definition) is 4. The van der Waals surface area contributed by atoms with Gasteiger partial charge >= 0.3 is 0 Å². The van der Waals surface area contributed by atoms with Crippen LogP contribution in [-0.4, -0.2) is 15.4 Å². The predicted octanol–water partition coefficient (Wildman–Crippen LogP) is 1.41. The molecule has 0 aliphatic heterocycles. The number of nitriles is 1. The molecule has 0 unspecified atom stereocenters. The molecule has 0 aliphatic rings. The monoisotopic (exact) mass is 182 g/mol. The lowest BCUT2D eigenvalue weighted by atomic mass is 10.1. The molecular formula is C10H6N4. The van der Waals surface area contributed by atoms with Gasteiger partial charge in [-0.05, 0) is 10.8 Å². The predicted molar refractivity (Wildman–Crippen MR) is 50.0 cm³/mol. The van der Waals surface area contributed by atoms with E-state index < -0.39 is 0 Å². The average molecular weight is 182 g/mol. The van der Waals surface area contributed by atoms with Crippen LogP contribution in [0.4, 0.5) is 0 Å². The molecule has 0 N–H and O–H groups in total. The molecule has 66 valence electrons. The van der Waals surface area contributed by atoms with Crippen molar-refractivity contribution in [2.75, 3.05) is 0 Å². The van der Waals surface area contributed by atoms with E-state index in [2.05, 4.69) is 15.4 Å². The molecule has 0 aliphatic carbocycles. The molecule has 0 amide bonds. The summed E-state index contributed by atoms with van der Waals surface area (Å²) in [5.74, 6) is 0. The van der Waals surface area contributed by atoms with Crippen molar-refractivity contribution in [3.05, 3.63) is 42.2 Å².